The molecule has 1 atom stereocenters. The molecule has 0 amide bonds. The average Bonchev–Trinajstić information content (AvgIpc) is 1.98. The first kappa shape index (κ1) is 11.0. The molecule has 0 radical (unpaired) electrons. The van der Waals surface area contributed by atoms with Gasteiger partial charge in [-0.3, -0.25) is 0 Å². The molecule has 2 aliphatic rings. The Morgan fingerprint density at radius 3 is 1.92 bits per heavy atom. The van der Waals surface area contributed by atoms with Crippen molar-refractivity contribution in [3.8, 4) is 0 Å². The van der Waals surface area contributed by atoms with E-state index in [1.807, 2.05) is 13.8 Å². The average molecular weight is 183 g/mol. The van der Waals surface area contributed by atoms with Gasteiger partial charge in [-0.15, -0.1) is 0 Å². The van der Waals surface area contributed by atoms with E-state index in [1.54, 1.807) is 0 Å². The minimum atomic E-state index is 0.781. The summed E-state index contributed by atoms with van der Waals surface area (Å²) < 4.78 is 0. The van der Waals surface area contributed by atoms with Crippen LogP contribution in [0.1, 0.15) is 47.0 Å². The molecular formula is C12H25N. The van der Waals surface area contributed by atoms with Crippen molar-refractivity contribution < 1.29 is 0 Å². The van der Waals surface area contributed by atoms with Crippen LogP contribution in [0.25, 0.3) is 0 Å². The maximum absolute atomic E-state index is 2.53. The monoisotopic (exact) mass is 183 g/mol. The van der Waals surface area contributed by atoms with Crippen LogP contribution in [0.4, 0.5) is 0 Å². The van der Waals surface area contributed by atoms with Crippen LogP contribution in [0.3, 0.4) is 0 Å². The third kappa shape index (κ3) is 1.63. The highest BCUT2D eigenvalue weighted by Crippen LogP contribution is 2.54. The summed E-state index contributed by atoms with van der Waals surface area (Å²) in [6.45, 7) is 10.1. The Bertz CT molecular complexity index is 154. The fourth-order valence-electron chi connectivity index (χ4n) is 3.34. The second kappa shape index (κ2) is 4.00. The highest BCUT2D eigenvalue weighted by Gasteiger charge is 2.54. The molecule has 78 valence electrons. The molecule has 1 spiro atoms. The summed E-state index contributed by atoms with van der Waals surface area (Å²) in [6.07, 6.45) is 4.48. The van der Waals surface area contributed by atoms with E-state index in [4.69, 9.17) is 0 Å². The fourth-order valence-corrected chi connectivity index (χ4v) is 3.34. The van der Waals surface area contributed by atoms with E-state index in [-0.39, 0.29) is 0 Å². The predicted molar refractivity (Wildman–Crippen MR) is 58.9 cm³/mol. The van der Waals surface area contributed by atoms with Crippen LogP contribution in [0.5, 0.6) is 0 Å². The smallest absolute Gasteiger partial charge is 0.0184 e. The van der Waals surface area contributed by atoms with E-state index >= 15 is 0 Å². The fraction of sp³-hybridized carbons (Fsp3) is 1.00. The van der Waals surface area contributed by atoms with Gasteiger partial charge in [0, 0.05) is 12.6 Å². The molecule has 0 N–H and O–H groups in total. The van der Waals surface area contributed by atoms with Crippen molar-refractivity contribution in [3.05, 3.63) is 0 Å². The van der Waals surface area contributed by atoms with Crippen LogP contribution in [0.15, 0.2) is 0 Å². The van der Waals surface area contributed by atoms with Crippen molar-refractivity contribution in [3.63, 3.8) is 0 Å². The third-order valence-corrected chi connectivity index (χ3v) is 3.65. The van der Waals surface area contributed by atoms with E-state index in [2.05, 4.69) is 25.8 Å². The molecule has 0 aromatic rings. The van der Waals surface area contributed by atoms with Gasteiger partial charge in [-0.1, -0.05) is 34.1 Å². The number of rotatable bonds is 1. The lowest BCUT2D eigenvalue weighted by Gasteiger charge is -2.63. The number of hydrogen-bond donors (Lipinski definition) is 0. The minimum absolute atomic E-state index is 0.781. The van der Waals surface area contributed by atoms with Gasteiger partial charge in [0.1, 0.15) is 0 Å². The molecule has 1 heterocycles. The second-order valence-corrected chi connectivity index (χ2v) is 4.82. The Morgan fingerprint density at radius 1 is 1.23 bits per heavy atom. The third-order valence-electron chi connectivity index (χ3n) is 3.65. The molecule has 0 aromatic heterocycles. The first-order valence-electron chi connectivity index (χ1n) is 5.86. The first-order chi connectivity index (χ1) is 6.16. The van der Waals surface area contributed by atoms with Gasteiger partial charge in [0.05, 0.1) is 0 Å². The molecule has 1 aliphatic heterocycles. The highest BCUT2D eigenvalue weighted by molar-refractivity contribution is 5.08. The topological polar surface area (TPSA) is 3.24 Å². The van der Waals surface area contributed by atoms with Crippen molar-refractivity contribution >= 4 is 0 Å². The summed E-state index contributed by atoms with van der Waals surface area (Å²) in [6, 6.07) is 0.899. The van der Waals surface area contributed by atoms with Gasteiger partial charge in [0.25, 0.3) is 0 Å². The Hall–Kier alpha value is -0.0400. The quantitative estimate of drug-likeness (QED) is 0.603. The Kier molecular flexibility index (Phi) is 3.39. The van der Waals surface area contributed by atoms with Gasteiger partial charge in [-0.05, 0) is 31.2 Å². The van der Waals surface area contributed by atoms with Gasteiger partial charge in [0.2, 0.25) is 0 Å². The normalized spacial score (nSPS) is 30.5. The molecule has 1 heteroatoms. The molecule has 1 saturated carbocycles. The van der Waals surface area contributed by atoms with Crippen LogP contribution in [-0.4, -0.2) is 24.5 Å². The molecule has 0 unspecified atom stereocenters. The molecule has 13 heavy (non-hydrogen) atoms. The molecule has 0 aromatic carbocycles. The zero-order valence-corrected chi connectivity index (χ0v) is 9.93. The largest absolute Gasteiger partial charge is 0.302 e. The maximum Gasteiger partial charge on any atom is 0.0184 e. The first-order valence-corrected chi connectivity index (χ1v) is 5.86. The minimum Gasteiger partial charge on any atom is -0.302 e. The second-order valence-electron chi connectivity index (χ2n) is 4.82. The number of nitrogens with zero attached hydrogens (tertiary/aromatic N) is 1. The Morgan fingerprint density at radius 2 is 1.77 bits per heavy atom. The zero-order valence-electron chi connectivity index (χ0n) is 9.93. The Labute approximate surface area is 83.5 Å². The van der Waals surface area contributed by atoms with Crippen LogP contribution >= 0.6 is 0 Å². The summed E-state index contributed by atoms with van der Waals surface area (Å²) >= 11 is 0. The van der Waals surface area contributed by atoms with Gasteiger partial charge in [0.15, 0.2) is 0 Å². The van der Waals surface area contributed by atoms with Crippen LogP contribution in [0, 0.1) is 11.3 Å². The lowest BCUT2D eigenvalue weighted by molar-refractivity contribution is -0.130. The number of likely N-dealkylation sites (tertiary alicyclic amines) is 1. The summed E-state index contributed by atoms with van der Waals surface area (Å²) in [5.41, 5.74) is 0.781. The molecule has 1 nitrogen and oxygen atoms in total. The van der Waals surface area contributed by atoms with Crippen molar-refractivity contribution in [1.29, 1.82) is 0 Å². The summed E-state index contributed by atoms with van der Waals surface area (Å²) in [4.78, 5) is 2.53. The lowest BCUT2D eigenvalue weighted by Crippen LogP contribution is -2.67. The van der Waals surface area contributed by atoms with Crippen molar-refractivity contribution in [2.75, 3.05) is 13.6 Å². The summed E-state index contributed by atoms with van der Waals surface area (Å²) in [7, 11) is 2.27. The predicted octanol–water partition coefficient (Wildman–Crippen LogP) is 3.15. The maximum atomic E-state index is 2.53. The summed E-state index contributed by atoms with van der Waals surface area (Å²) in [5, 5.41) is 0. The zero-order chi connectivity index (χ0) is 10.1. The standard InChI is InChI=1S/C10H19N.C2H6/c1-8(2)9-10(5-4-6-10)7-11(9)3;1-2/h8-9H,4-7H2,1-3H3;1-2H3/t9-;/m0./s1. The lowest BCUT2D eigenvalue weighted by atomic mass is 9.56. The highest BCUT2D eigenvalue weighted by atomic mass is 15.2. The van der Waals surface area contributed by atoms with Crippen molar-refractivity contribution in [1.82, 2.24) is 4.90 Å². The van der Waals surface area contributed by atoms with Gasteiger partial charge in [-0.2, -0.15) is 0 Å². The van der Waals surface area contributed by atoms with E-state index in [0.29, 0.717) is 0 Å². The Balaban J connectivity index is 0.000000396. The van der Waals surface area contributed by atoms with Gasteiger partial charge >= 0.3 is 0 Å². The number of hydrogen-bond acceptors (Lipinski definition) is 1. The van der Waals surface area contributed by atoms with E-state index in [9.17, 15) is 0 Å². The molecule has 1 aliphatic carbocycles. The van der Waals surface area contributed by atoms with Gasteiger partial charge < -0.3 is 4.90 Å². The van der Waals surface area contributed by atoms with Crippen molar-refractivity contribution in [2.45, 2.75) is 53.0 Å². The molecule has 2 rings (SSSR count). The van der Waals surface area contributed by atoms with E-state index in [0.717, 1.165) is 17.4 Å². The van der Waals surface area contributed by atoms with Gasteiger partial charge in [-0.25, -0.2) is 0 Å². The van der Waals surface area contributed by atoms with Crippen LogP contribution < -0.4 is 0 Å². The summed E-state index contributed by atoms with van der Waals surface area (Å²) in [5.74, 6) is 0.856. The van der Waals surface area contributed by atoms with Crippen LogP contribution in [0.2, 0.25) is 0 Å². The molecule has 1 saturated heterocycles. The SMILES string of the molecule is CC.CC(C)[C@@H]1N(C)CC12CCC2. The molecular weight excluding hydrogens is 158 g/mol. The van der Waals surface area contributed by atoms with E-state index in [1.165, 1.54) is 25.8 Å². The van der Waals surface area contributed by atoms with Crippen molar-refractivity contribution in [2.24, 2.45) is 11.3 Å². The van der Waals surface area contributed by atoms with Crippen LogP contribution in [-0.2, 0) is 0 Å². The molecule has 2 fully saturated rings. The van der Waals surface area contributed by atoms with E-state index < -0.39 is 0 Å². The molecule has 0 bridgehead atoms.